The monoisotopic (exact) mass is 381 g/mol. The number of benzene rings is 1. The van der Waals surface area contributed by atoms with Crippen molar-refractivity contribution in [1.29, 1.82) is 0 Å². The topological polar surface area (TPSA) is 62.7 Å². The molecule has 1 aromatic carbocycles. The molecule has 0 bridgehead atoms. The molecule has 2 amide bonds. The van der Waals surface area contributed by atoms with E-state index in [2.05, 4.69) is 4.98 Å². The number of piperazine rings is 1. The largest absolute Gasteiger partial charge is 0.417 e. The zero-order valence-electron chi connectivity index (χ0n) is 14.6. The van der Waals surface area contributed by atoms with Gasteiger partial charge in [-0.2, -0.15) is 13.2 Å². The molecule has 9 heteroatoms. The van der Waals surface area contributed by atoms with Gasteiger partial charge in [-0.25, -0.2) is 0 Å². The molecule has 0 atom stereocenters. The van der Waals surface area contributed by atoms with Crippen molar-refractivity contribution < 1.29 is 27.5 Å². The number of ether oxygens (including phenoxy) is 1. The average Bonchev–Trinajstić information content (AvgIpc) is 2.66. The van der Waals surface area contributed by atoms with Crippen LogP contribution >= 0.6 is 0 Å². The van der Waals surface area contributed by atoms with Gasteiger partial charge in [0.1, 0.15) is 6.61 Å². The number of carbonyl (C=O) groups is 2. The molecular weight excluding hydrogens is 363 g/mol. The smallest absolute Gasteiger partial charge is 0.375 e. The van der Waals surface area contributed by atoms with Gasteiger partial charge >= 0.3 is 6.18 Å². The molecule has 1 aliphatic rings. The van der Waals surface area contributed by atoms with Gasteiger partial charge in [-0.05, 0) is 6.07 Å². The van der Waals surface area contributed by atoms with Crippen LogP contribution in [0.5, 0.6) is 0 Å². The maximum Gasteiger partial charge on any atom is 0.417 e. The number of alkyl halides is 3. The Bertz CT molecular complexity index is 862. The first-order chi connectivity index (χ1) is 12.8. The highest BCUT2D eigenvalue weighted by atomic mass is 19.4. The Kier molecular flexibility index (Phi) is 5.31. The van der Waals surface area contributed by atoms with Crippen LogP contribution in [-0.2, 0) is 15.7 Å². The van der Waals surface area contributed by atoms with Crippen LogP contribution < -0.4 is 0 Å². The lowest BCUT2D eigenvalue weighted by Gasteiger charge is -2.35. The summed E-state index contributed by atoms with van der Waals surface area (Å²) in [6.07, 6.45) is -3.71. The summed E-state index contributed by atoms with van der Waals surface area (Å²) >= 11 is 0. The summed E-state index contributed by atoms with van der Waals surface area (Å²) in [6.45, 7) is 0.726. The number of carbonyl (C=O) groups excluding carboxylic acids is 2. The second-order valence-corrected chi connectivity index (χ2v) is 6.17. The van der Waals surface area contributed by atoms with Gasteiger partial charge in [0, 0.05) is 44.9 Å². The highest BCUT2D eigenvalue weighted by Crippen LogP contribution is 2.37. The van der Waals surface area contributed by atoms with Crippen LogP contribution in [0.25, 0.3) is 10.9 Å². The van der Waals surface area contributed by atoms with Gasteiger partial charge < -0.3 is 14.5 Å². The van der Waals surface area contributed by atoms with Crippen molar-refractivity contribution in [2.24, 2.45) is 0 Å². The molecule has 6 nitrogen and oxygen atoms in total. The minimum Gasteiger partial charge on any atom is -0.375 e. The zero-order valence-corrected chi connectivity index (χ0v) is 14.6. The molecule has 1 aromatic heterocycles. The molecule has 1 saturated heterocycles. The third kappa shape index (κ3) is 3.87. The molecule has 1 fully saturated rings. The van der Waals surface area contributed by atoms with Crippen LogP contribution in [0.3, 0.4) is 0 Å². The number of hydrogen-bond acceptors (Lipinski definition) is 4. The van der Waals surface area contributed by atoms with E-state index in [1.54, 1.807) is 6.07 Å². The van der Waals surface area contributed by atoms with Crippen LogP contribution in [0.4, 0.5) is 13.2 Å². The summed E-state index contributed by atoms with van der Waals surface area (Å²) < 4.78 is 45.9. The van der Waals surface area contributed by atoms with Crippen molar-refractivity contribution in [3.63, 3.8) is 0 Å². The lowest BCUT2D eigenvalue weighted by atomic mass is 10.0. The molecule has 0 spiro atoms. The lowest BCUT2D eigenvalue weighted by Crippen LogP contribution is -2.51. The third-order valence-electron chi connectivity index (χ3n) is 4.48. The van der Waals surface area contributed by atoms with Gasteiger partial charge in [0.2, 0.25) is 5.91 Å². The number of hydrogen-bond donors (Lipinski definition) is 0. The highest BCUT2D eigenvalue weighted by Gasteiger charge is 2.39. The number of para-hydroxylation sites is 1. The third-order valence-corrected chi connectivity index (χ3v) is 4.48. The second-order valence-electron chi connectivity index (χ2n) is 6.17. The Hall–Kier alpha value is -2.68. The fourth-order valence-corrected chi connectivity index (χ4v) is 3.15. The van der Waals surface area contributed by atoms with Gasteiger partial charge in [-0.1, -0.05) is 18.2 Å². The van der Waals surface area contributed by atoms with Crippen molar-refractivity contribution in [3.05, 3.63) is 41.6 Å². The number of pyridine rings is 1. The van der Waals surface area contributed by atoms with Gasteiger partial charge in [0.15, 0.2) is 0 Å². The molecule has 3 rings (SSSR count). The average molecular weight is 381 g/mol. The normalized spacial score (nSPS) is 15.3. The summed E-state index contributed by atoms with van der Waals surface area (Å²) in [7, 11) is 1.41. The number of nitrogens with zero attached hydrogens (tertiary/aromatic N) is 3. The first-order valence-electron chi connectivity index (χ1n) is 8.34. The Balaban J connectivity index is 1.88. The standard InChI is InChI=1S/C18H18F3N3O3/c1-27-11-15(25)23-6-8-24(9-7-23)17(26)13-10-22-14-5-3-2-4-12(14)16(13)18(19,20)21/h2-5,10H,6-9,11H2,1H3. The van der Waals surface area contributed by atoms with E-state index >= 15 is 0 Å². The van der Waals surface area contributed by atoms with E-state index in [1.165, 1.54) is 35.1 Å². The van der Waals surface area contributed by atoms with Crippen molar-refractivity contribution in [2.75, 3.05) is 39.9 Å². The van der Waals surface area contributed by atoms with Crippen LogP contribution in [0.1, 0.15) is 15.9 Å². The Morgan fingerprint density at radius 2 is 1.74 bits per heavy atom. The number of fused-ring (bicyclic) bond motifs is 1. The fraction of sp³-hybridized carbons (Fsp3) is 0.389. The van der Waals surface area contributed by atoms with Crippen molar-refractivity contribution in [3.8, 4) is 0 Å². The van der Waals surface area contributed by atoms with Crippen LogP contribution in [0.15, 0.2) is 30.5 Å². The van der Waals surface area contributed by atoms with Crippen LogP contribution in [0, 0.1) is 0 Å². The minimum atomic E-state index is -4.69. The van der Waals surface area contributed by atoms with Crippen molar-refractivity contribution in [1.82, 2.24) is 14.8 Å². The zero-order chi connectivity index (χ0) is 19.6. The van der Waals surface area contributed by atoms with Crippen LogP contribution in [0.2, 0.25) is 0 Å². The van der Waals surface area contributed by atoms with Gasteiger partial charge in [0.25, 0.3) is 5.91 Å². The van der Waals surface area contributed by atoms with E-state index in [4.69, 9.17) is 4.74 Å². The molecule has 0 radical (unpaired) electrons. The summed E-state index contributed by atoms with van der Waals surface area (Å²) in [4.78, 5) is 31.4. The molecule has 0 saturated carbocycles. The predicted molar refractivity (Wildman–Crippen MR) is 91.1 cm³/mol. The van der Waals surface area contributed by atoms with E-state index in [0.717, 1.165) is 6.20 Å². The SMILES string of the molecule is COCC(=O)N1CCN(C(=O)c2cnc3ccccc3c2C(F)(F)F)CC1. The molecule has 2 aromatic rings. The molecule has 1 aliphatic heterocycles. The molecule has 0 aliphatic carbocycles. The highest BCUT2D eigenvalue weighted by molar-refractivity contribution is 6.00. The van der Waals surface area contributed by atoms with E-state index in [9.17, 15) is 22.8 Å². The summed E-state index contributed by atoms with van der Waals surface area (Å²) in [5.41, 5.74) is -1.27. The first-order valence-corrected chi connectivity index (χ1v) is 8.34. The van der Waals surface area contributed by atoms with Gasteiger partial charge in [-0.15, -0.1) is 0 Å². The molecule has 144 valence electrons. The number of amides is 2. The van der Waals surface area contributed by atoms with Gasteiger partial charge in [0.05, 0.1) is 16.6 Å². The first kappa shape index (κ1) is 19.1. The Morgan fingerprint density at radius 1 is 1.11 bits per heavy atom. The number of aromatic nitrogens is 1. The number of rotatable bonds is 3. The quantitative estimate of drug-likeness (QED) is 0.818. The summed E-state index contributed by atoms with van der Waals surface area (Å²) in [6, 6.07) is 5.85. The summed E-state index contributed by atoms with van der Waals surface area (Å²) in [5.74, 6) is -0.952. The molecule has 0 N–H and O–H groups in total. The summed E-state index contributed by atoms with van der Waals surface area (Å²) in [5, 5.41) is -0.107. The van der Waals surface area contributed by atoms with Crippen LogP contribution in [-0.4, -0.2) is 66.5 Å². The molecule has 0 unspecified atom stereocenters. The van der Waals surface area contributed by atoms with E-state index in [1.807, 2.05) is 0 Å². The maximum atomic E-state index is 13.7. The second kappa shape index (κ2) is 7.51. The number of methoxy groups -OCH3 is 1. The Labute approximate surface area is 153 Å². The van der Waals surface area contributed by atoms with Crippen molar-refractivity contribution >= 4 is 22.7 Å². The Morgan fingerprint density at radius 3 is 2.37 bits per heavy atom. The fourth-order valence-electron chi connectivity index (χ4n) is 3.15. The number of halogens is 3. The lowest BCUT2D eigenvalue weighted by molar-refractivity contribution is -0.136. The van der Waals surface area contributed by atoms with E-state index < -0.39 is 23.2 Å². The molecular formula is C18H18F3N3O3. The molecule has 2 heterocycles. The minimum absolute atomic E-state index is 0.0687. The van der Waals surface area contributed by atoms with E-state index in [-0.39, 0.29) is 49.6 Å². The van der Waals surface area contributed by atoms with Crippen molar-refractivity contribution in [2.45, 2.75) is 6.18 Å². The van der Waals surface area contributed by atoms with Gasteiger partial charge in [-0.3, -0.25) is 14.6 Å². The molecule has 27 heavy (non-hydrogen) atoms. The van der Waals surface area contributed by atoms with E-state index in [0.29, 0.717) is 0 Å². The maximum absolute atomic E-state index is 13.7. The predicted octanol–water partition coefficient (Wildman–Crippen LogP) is 2.18.